The number of hydrogen-bond acceptors (Lipinski definition) is 3. The highest BCUT2D eigenvalue weighted by Crippen LogP contribution is 2.26. The highest BCUT2D eigenvalue weighted by atomic mass is 19.3. The van der Waals surface area contributed by atoms with Crippen molar-refractivity contribution < 1.29 is 18.3 Å². The summed E-state index contributed by atoms with van der Waals surface area (Å²) < 4.78 is 30.5. The molecule has 1 amide bonds. The SMILES string of the molecule is C=C(/C=C\CC)N1CCN(C(=O)OC(C)(C)C)CC1.CC.CC(C)C.Cc1ccc(C(C)(F)F)cc1. The Labute approximate surface area is 220 Å². The molecule has 0 atom stereocenters. The summed E-state index contributed by atoms with van der Waals surface area (Å²) in [5.41, 5.74) is 1.66. The number of aryl methyl sites for hydroxylation is 1. The third-order valence-electron chi connectivity index (χ3n) is 4.44. The van der Waals surface area contributed by atoms with Gasteiger partial charge in [0.1, 0.15) is 5.60 Å². The largest absolute Gasteiger partial charge is 0.444 e. The third kappa shape index (κ3) is 18.0. The van der Waals surface area contributed by atoms with Crippen LogP contribution in [0.3, 0.4) is 0 Å². The summed E-state index contributed by atoms with van der Waals surface area (Å²) in [5, 5.41) is 0. The molecule has 1 aliphatic rings. The average Bonchev–Trinajstić information content (AvgIpc) is 2.77. The van der Waals surface area contributed by atoms with Gasteiger partial charge in [0.2, 0.25) is 0 Å². The molecule has 0 N–H and O–H groups in total. The second-order valence-corrected chi connectivity index (χ2v) is 10.2. The monoisotopic (exact) mass is 510 g/mol. The molecule has 2 rings (SSSR count). The first-order chi connectivity index (χ1) is 16.6. The summed E-state index contributed by atoms with van der Waals surface area (Å²) in [6.45, 7) is 28.1. The Morgan fingerprint density at radius 1 is 1.00 bits per heavy atom. The van der Waals surface area contributed by atoms with Crippen LogP contribution in [0.4, 0.5) is 13.6 Å². The first-order valence-corrected chi connectivity index (χ1v) is 13.1. The molecular weight excluding hydrogens is 458 g/mol. The zero-order chi connectivity index (χ0) is 28.5. The summed E-state index contributed by atoms with van der Waals surface area (Å²) in [4.78, 5) is 15.9. The quantitative estimate of drug-likeness (QED) is 0.379. The topological polar surface area (TPSA) is 32.8 Å². The summed E-state index contributed by atoms with van der Waals surface area (Å²) in [6.07, 6.45) is 4.93. The Morgan fingerprint density at radius 3 is 1.78 bits per heavy atom. The van der Waals surface area contributed by atoms with Crippen molar-refractivity contribution in [2.75, 3.05) is 26.2 Å². The van der Waals surface area contributed by atoms with Crippen molar-refractivity contribution >= 4 is 6.09 Å². The minimum absolute atomic E-state index is 0.0723. The van der Waals surface area contributed by atoms with Crippen molar-refractivity contribution in [2.24, 2.45) is 5.92 Å². The number of nitrogens with zero attached hydrogens (tertiary/aromatic N) is 2. The van der Waals surface area contributed by atoms with Crippen molar-refractivity contribution in [1.29, 1.82) is 0 Å². The molecule has 1 aromatic rings. The van der Waals surface area contributed by atoms with E-state index in [4.69, 9.17) is 4.74 Å². The lowest BCUT2D eigenvalue weighted by atomic mass is 10.1. The maximum Gasteiger partial charge on any atom is 0.410 e. The second-order valence-electron chi connectivity index (χ2n) is 10.2. The number of benzene rings is 1. The van der Waals surface area contributed by atoms with E-state index in [0.717, 1.165) is 43.6 Å². The molecule has 0 radical (unpaired) electrons. The molecule has 1 aromatic carbocycles. The fourth-order valence-electron chi connectivity index (χ4n) is 2.71. The fourth-order valence-corrected chi connectivity index (χ4v) is 2.71. The Balaban J connectivity index is 0. The van der Waals surface area contributed by atoms with Gasteiger partial charge in [0.15, 0.2) is 0 Å². The molecular formula is C30H52F2N2O2. The molecule has 0 bridgehead atoms. The number of ether oxygens (including phenoxy) is 1. The van der Waals surface area contributed by atoms with Crippen LogP contribution in [0.15, 0.2) is 48.7 Å². The molecule has 0 saturated carbocycles. The van der Waals surface area contributed by atoms with Crippen LogP contribution in [0, 0.1) is 12.8 Å². The molecule has 6 heteroatoms. The number of carbonyl (C=O) groups is 1. The Bertz CT molecular complexity index is 750. The van der Waals surface area contributed by atoms with Gasteiger partial charge < -0.3 is 14.5 Å². The first-order valence-electron chi connectivity index (χ1n) is 13.1. The average molecular weight is 511 g/mol. The van der Waals surface area contributed by atoms with Gasteiger partial charge in [-0.2, -0.15) is 0 Å². The summed E-state index contributed by atoms with van der Waals surface area (Å²) >= 11 is 0. The number of alkyl halides is 2. The molecule has 0 aromatic heterocycles. The first kappa shape index (κ1) is 35.8. The smallest absolute Gasteiger partial charge is 0.410 e. The molecule has 0 spiro atoms. The maximum absolute atomic E-state index is 12.6. The Hall–Kier alpha value is -2.37. The number of rotatable bonds is 4. The van der Waals surface area contributed by atoms with Crippen LogP contribution in [0.25, 0.3) is 0 Å². The van der Waals surface area contributed by atoms with Crippen molar-refractivity contribution in [3.05, 3.63) is 59.8 Å². The molecule has 1 heterocycles. The summed E-state index contributed by atoms with van der Waals surface area (Å²) in [5.74, 6) is -1.88. The molecule has 1 fully saturated rings. The van der Waals surface area contributed by atoms with Gasteiger partial charge >= 0.3 is 6.09 Å². The number of hydrogen-bond donors (Lipinski definition) is 0. The van der Waals surface area contributed by atoms with Crippen LogP contribution in [0.1, 0.15) is 86.8 Å². The lowest BCUT2D eigenvalue weighted by molar-refractivity contribution is 0.0165. The van der Waals surface area contributed by atoms with E-state index in [9.17, 15) is 13.6 Å². The molecule has 0 aliphatic carbocycles. The van der Waals surface area contributed by atoms with Gasteiger partial charge in [-0.15, -0.1) is 0 Å². The number of amides is 1. The van der Waals surface area contributed by atoms with Crippen LogP contribution < -0.4 is 0 Å². The van der Waals surface area contributed by atoms with Crippen LogP contribution >= 0.6 is 0 Å². The van der Waals surface area contributed by atoms with Crippen LogP contribution in [-0.2, 0) is 10.7 Å². The van der Waals surface area contributed by atoms with Gasteiger partial charge in [-0.25, -0.2) is 13.6 Å². The zero-order valence-corrected chi connectivity index (χ0v) is 24.8. The minimum atomic E-state index is -2.71. The van der Waals surface area contributed by atoms with E-state index in [1.165, 1.54) is 12.1 Å². The highest BCUT2D eigenvalue weighted by molar-refractivity contribution is 5.68. The lowest BCUT2D eigenvalue weighted by Gasteiger charge is -2.36. The van der Waals surface area contributed by atoms with Crippen LogP contribution in [0.2, 0.25) is 0 Å². The van der Waals surface area contributed by atoms with Crippen molar-refractivity contribution in [3.8, 4) is 0 Å². The highest BCUT2D eigenvalue weighted by Gasteiger charge is 2.26. The van der Waals surface area contributed by atoms with E-state index in [0.29, 0.717) is 13.1 Å². The number of piperazine rings is 1. The molecule has 4 nitrogen and oxygen atoms in total. The molecule has 0 unspecified atom stereocenters. The standard InChI is InChI=1S/C15H26N2O2.C9H10F2.C4H10.C2H6/c1-6-7-8-13(2)16-9-11-17(12-10-16)14(18)19-15(3,4)5;1-7-3-5-8(6-4-7)9(2,10)11;1-4(2)3;1-2/h7-8H,2,6,9-12H2,1,3-5H3;3-6H,1-2H3;4H,1-3H3;1-2H3/b8-7-;;;. The molecule has 1 saturated heterocycles. The number of allylic oxidation sites excluding steroid dienone is 2. The van der Waals surface area contributed by atoms with E-state index < -0.39 is 11.5 Å². The van der Waals surface area contributed by atoms with Crippen LogP contribution in [0.5, 0.6) is 0 Å². The van der Waals surface area contributed by atoms with E-state index in [1.807, 2.05) is 47.6 Å². The van der Waals surface area contributed by atoms with Gasteiger partial charge in [0.05, 0.1) is 0 Å². The van der Waals surface area contributed by atoms with Crippen molar-refractivity contribution in [1.82, 2.24) is 9.80 Å². The van der Waals surface area contributed by atoms with E-state index in [-0.39, 0.29) is 11.7 Å². The molecule has 1 aliphatic heterocycles. The Kier molecular flexibility index (Phi) is 17.9. The maximum atomic E-state index is 12.6. The number of carbonyl (C=O) groups excluding carboxylic acids is 1. The van der Waals surface area contributed by atoms with Crippen LogP contribution in [-0.4, -0.2) is 47.7 Å². The fraction of sp³-hybridized carbons (Fsp3) is 0.633. The van der Waals surface area contributed by atoms with Gasteiger partial charge in [-0.05, 0) is 46.1 Å². The van der Waals surface area contributed by atoms with E-state index >= 15 is 0 Å². The third-order valence-corrected chi connectivity index (χ3v) is 4.44. The predicted octanol–water partition coefficient (Wildman–Crippen LogP) is 8.81. The van der Waals surface area contributed by atoms with Crippen molar-refractivity contribution in [2.45, 2.75) is 94.1 Å². The molecule has 36 heavy (non-hydrogen) atoms. The molecule has 208 valence electrons. The Morgan fingerprint density at radius 2 is 1.42 bits per heavy atom. The summed E-state index contributed by atoms with van der Waals surface area (Å²) in [7, 11) is 0. The second kappa shape index (κ2) is 18.0. The normalized spacial score (nSPS) is 13.6. The van der Waals surface area contributed by atoms with E-state index in [2.05, 4.69) is 45.2 Å². The minimum Gasteiger partial charge on any atom is -0.444 e. The summed E-state index contributed by atoms with van der Waals surface area (Å²) in [6, 6.07) is 6.28. The zero-order valence-electron chi connectivity index (χ0n) is 24.8. The lowest BCUT2D eigenvalue weighted by Crippen LogP contribution is -2.49. The van der Waals surface area contributed by atoms with E-state index in [1.54, 1.807) is 17.0 Å². The van der Waals surface area contributed by atoms with Gasteiger partial charge in [0, 0.05) is 44.4 Å². The predicted molar refractivity (Wildman–Crippen MR) is 151 cm³/mol. The van der Waals surface area contributed by atoms with Gasteiger partial charge in [-0.3, -0.25) is 0 Å². The van der Waals surface area contributed by atoms with Gasteiger partial charge in [-0.1, -0.05) is 84.0 Å². The van der Waals surface area contributed by atoms with Gasteiger partial charge in [0.25, 0.3) is 5.92 Å². The number of halogens is 2. The van der Waals surface area contributed by atoms with Crippen molar-refractivity contribution in [3.63, 3.8) is 0 Å².